The van der Waals surface area contributed by atoms with Gasteiger partial charge in [0.25, 0.3) is 5.91 Å². The summed E-state index contributed by atoms with van der Waals surface area (Å²) >= 11 is 3.33. The zero-order chi connectivity index (χ0) is 18.4. The number of carbonyl (C=O) groups is 1. The molecule has 0 aromatic heterocycles. The van der Waals surface area contributed by atoms with E-state index in [2.05, 4.69) is 42.0 Å². The van der Waals surface area contributed by atoms with E-state index in [4.69, 9.17) is 4.74 Å². The Hall–Kier alpha value is -1.85. The quantitative estimate of drug-likeness (QED) is 0.765. The van der Waals surface area contributed by atoms with Gasteiger partial charge in [0.2, 0.25) is 0 Å². The van der Waals surface area contributed by atoms with E-state index >= 15 is 0 Å². The van der Waals surface area contributed by atoms with Crippen molar-refractivity contribution in [3.05, 3.63) is 64.1 Å². The van der Waals surface area contributed by atoms with Crippen molar-refractivity contribution in [2.24, 2.45) is 0 Å². The van der Waals surface area contributed by atoms with Crippen LogP contribution in [-0.2, 0) is 5.41 Å². The number of halogens is 1. The van der Waals surface area contributed by atoms with Crippen molar-refractivity contribution >= 4 is 21.8 Å². The van der Waals surface area contributed by atoms with Crippen LogP contribution >= 0.6 is 15.9 Å². The van der Waals surface area contributed by atoms with Gasteiger partial charge in [-0.2, -0.15) is 0 Å². The Bertz CT molecular complexity index is 690. The van der Waals surface area contributed by atoms with E-state index in [1.807, 2.05) is 24.3 Å². The number of aliphatic hydroxyl groups is 1. The molecule has 0 unspecified atom stereocenters. The summed E-state index contributed by atoms with van der Waals surface area (Å²) in [6.45, 7) is 6.71. The molecule has 2 rings (SSSR count). The highest BCUT2D eigenvalue weighted by molar-refractivity contribution is 9.10. The largest absolute Gasteiger partial charge is 0.491 e. The fraction of sp³-hybridized carbons (Fsp3) is 0.350. The van der Waals surface area contributed by atoms with Crippen molar-refractivity contribution < 1.29 is 14.6 Å². The molecule has 0 heterocycles. The molecule has 0 aliphatic heterocycles. The molecule has 4 nitrogen and oxygen atoms in total. The van der Waals surface area contributed by atoms with Crippen LogP contribution in [0.5, 0.6) is 5.75 Å². The molecule has 1 atom stereocenters. The number of nitrogens with one attached hydrogen (secondary N) is 1. The maximum atomic E-state index is 12.0. The highest BCUT2D eigenvalue weighted by Gasteiger charge is 2.13. The molecule has 0 saturated heterocycles. The lowest BCUT2D eigenvalue weighted by Crippen LogP contribution is -2.35. The summed E-state index contributed by atoms with van der Waals surface area (Å²) in [7, 11) is 0. The van der Waals surface area contributed by atoms with Crippen molar-refractivity contribution in [3.8, 4) is 5.75 Å². The van der Waals surface area contributed by atoms with Crippen LogP contribution in [0.4, 0.5) is 0 Å². The van der Waals surface area contributed by atoms with Gasteiger partial charge in [-0.15, -0.1) is 0 Å². The smallest absolute Gasteiger partial charge is 0.251 e. The van der Waals surface area contributed by atoms with Gasteiger partial charge in [0.05, 0.1) is 0 Å². The van der Waals surface area contributed by atoms with Gasteiger partial charge in [-0.1, -0.05) is 48.8 Å². The first kappa shape index (κ1) is 19.5. The van der Waals surface area contributed by atoms with Crippen LogP contribution in [0.15, 0.2) is 53.0 Å². The fourth-order valence-electron chi connectivity index (χ4n) is 2.22. The Balaban J connectivity index is 1.77. The van der Waals surface area contributed by atoms with Crippen molar-refractivity contribution in [1.29, 1.82) is 0 Å². The van der Waals surface area contributed by atoms with Crippen LogP contribution in [0.2, 0.25) is 0 Å². The third-order valence-corrected chi connectivity index (χ3v) is 4.30. The van der Waals surface area contributed by atoms with E-state index in [0.29, 0.717) is 11.3 Å². The maximum Gasteiger partial charge on any atom is 0.251 e. The maximum absolute atomic E-state index is 12.0. The molecule has 0 aliphatic carbocycles. The summed E-state index contributed by atoms with van der Waals surface area (Å²) in [6.07, 6.45) is -0.776. The molecule has 0 saturated carbocycles. The molecule has 0 radical (unpaired) electrons. The van der Waals surface area contributed by atoms with Crippen molar-refractivity contribution in [2.75, 3.05) is 13.2 Å². The van der Waals surface area contributed by atoms with Crippen molar-refractivity contribution in [2.45, 2.75) is 32.3 Å². The fourth-order valence-corrected chi connectivity index (χ4v) is 2.48. The lowest BCUT2D eigenvalue weighted by Gasteiger charge is -2.19. The lowest BCUT2D eigenvalue weighted by molar-refractivity contribution is 0.0843. The Morgan fingerprint density at radius 3 is 2.28 bits per heavy atom. The standard InChI is InChI=1S/C20H24BrNO3/c1-20(2,3)15-6-10-18(11-7-15)25-13-17(23)12-22-19(24)14-4-8-16(21)9-5-14/h4-11,17,23H,12-13H2,1-3H3,(H,22,24)/t17-/m0/s1. The third-order valence-electron chi connectivity index (χ3n) is 3.77. The van der Waals surface area contributed by atoms with Crippen LogP contribution in [0.3, 0.4) is 0 Å². The van der Waals surface area contributed by atoms with Gasteiger partial charge in [-0.05, 0) is 47.4 Å². The van der Waals surface area contributed by atoms with Gasteiger partial charge in [-0.3, -0.25) is 4.79 Å². The minimum Gasteiger partial charge on any atom is -0.491 e. The summed E-state index contributed by atoms with van der Waals surface area (Å²) < 4.78 is 6.49. The molecule has 0 aliphatic rings. The number of rotatable bonds is 6. The van der Waals surface area contributed by atoms with Crippen molar-refractivity contribution in [1.82, 2.24) is 5.32 Å². The summed E-state index contributed by atoms with van der Waals surface area (Å²) in [6, 6.07) is 14.9. The highest BCUT2D eigenvalue weighted by Crippen LogP contribution is 2.24. The predicted molar refractivity (Wildman–Crippen MR) is 103 cm³/mol. The molecule has 2 N–H and O–H groups in total. The molecule has 1 amide bonds. The van der Waals surface area contributed by atoms with Gasteiger partial charge in [0.1, 0.15) is 18.5 Å². The normalized spacial score (nSPS) is 12.5. The van der Waals surface area contributed by atoms with Crippen LogP contribution in [-0.4, -0.2) is 30.3 Å². The zero-order valence-corrected chi connectivity index (χ0v) is 16.3. The first-order valence-electron chi connectivity index (χ1n) is 8.21. The molecule has 5 heteroatoms. The van der Waals surface area contributed by atoms with E-state index in [1.54, 1.807) is 24.3 Å². The molecular weight excluding hydrogens is 382 g/mol. The van der Waals surface area contributed by atoms with E-state index in [0.717, 1.165) is 4.47 Å². The van der Waals surface area contributed by atoms with Crippen molar-refractivity contribution in [3.63, 3.8) is 0 Å². The summed E-state index contributed by atoms with van der Waals surface area (Å²) in [4.78, 5) is 12.0. The van der Waals surface area contributed by atoms with Crippen LogP contribution in [0.25, 0.3) is 0 Å². The average molecular weight is 406 g/mol. The van der Waals surface area contributed by atoms with Crippen LogP contribution in [0, 0.1) is 0 Å². The molecule has 0 bridgehead atoms. The molecular formula is C20H24BrNO3. The second-order valence-electron chi connectivity index (χ2n) is 6.96. The minimum absolute atomic E-state index is 0.0926. The van der Waals surface area contributed by atoms with Gasteiger partial charge in [0.15, 0.2) is 0 Å². The van der Waals surface area contributed by atoms with Gasteiger partial charge in [-0.25, -0.2) is 0 Å². The Morgan fingerprint density at radius 1 is 1.12 bits per heavy atom. The SMILES string of the molecule is CC(C)(C)c1ccc(OC[C@@H](O)CNC(=O)c2ccc(Br)cc2)cc1. The minimum atomic E-state index is -0.776. The van der Waals surface area contributed by atoms with E-state index in [1.165, 1.54) is 5.56 Å². The van der Waals surface area contributed by atoms with E-state index < -0.39 is 6.10 Å². The second-order valence-corrected chi connectivity index (χ2v) is 7.87. The molecule has 2 aromatic rings. The molecule has 0 fully saturated rings. The predicted octanol–water partition coefficient (Wildman–Crippen LogP) is 3.92. The monoisotopic (exact) mass is 405 g/mol. The summed E-state index contributed by atoms with van der Waals surface area (Å²) in [5.74, 6) is 0.479. The molecule has 2 aromatic carbocycles. The number of carbonyl (C=O) groups excluding carboxylic acids is 1. The number of amides is 1. The second kappa shape index (κ2) is 8.50. The highest BCUT2D eigenvalue weighted by atomic mass is 79.9. The molecule has 0 spiro atoms. The number of hydrogen-bond donors (Lipinski definition) is 2. The third kappa shape index (κ3) is 6.18. The Labute approximate surface area is 157 Å². The van der Waals surface area contributed by atoms with Gasteiger partial charge >= 0.3 is 0 Å². The number of ether oxygens (including phenoxy) is 1. The first-order valence-corrected chi connectivity index (χ1v) is 9.00. The van der Waals surface area contributed by atoms with Crippen LogP contribution < -0.4 is 10.1 Å². The number of aliphatic hydroxyl groups excluding tert-OH is 1. The Morgan fingerprint density at radius 2 is 1.72 bits per heavy atom. The zero-order valence-electron chi connectivity index (χ0n) is 14.8. The lowest BCUT2D eigenvalue weighted by atomic mass is 9.87. The van der Waals surface area contributed by atoms with Crippen LogP contribution in [0.1, 0.15) is 36.7 Å². The summed E-state index contributed by atoms with van der Waals surface area (Å²) in [5.41, 5.74) is 1.87. The summed E-state index contributed by atoms with van der Waals surface area (Å²) in [5, 5.41) is 12.7. The first-order chi connectivity index (χ1) is 11.8. The average Bonchev–Trinajstić information content (AvgIpc) is 2.58. The number of benzene rings is 2. The van der Waals surface area contributed by atoms with Gasteiger partial charge < -0.3 is 15.2 Å². The topological polar surface area (TPSA) is 58.6 Å². The molecule has 25 heavy (non-hydrogen) atoms. The number of hydrogen-bond acceptors (Lipinski definition) is 3. The molecule has 134 valence electrons. The van der Waals surface area contributed by atoms with E-state index in [9.17, 15) is 9.90 Å². The Kier molecular flexibility index (Phi) is 6.62. The van der Waals surface area contributed by atoms with Gasteiger partial charge in [0, 0.05) is 16.6 Å². The van der Waals surface area contributed by atoms with E-state index in [-0.39, 0.29) is 24.5 Å².